The zero-order valence-corrected chi connectivity index (χ0v) is 14.6. The Labute approximate surface area is 138 Å². The molecule has 6 heteroatoms. The van der Waals surface area contributed by atoms with Gasteiger partial charge in [-0.1, -0.05) is 26.5 Å². The second-order valence-corrected chi connectivity index (χ2v) is 5.31. The van der Waals surface area contributed by atoms with Crippen LogP contribution in [0.4, 0.5) is 0 Å². The number of esters is 2. The molecule has 1 rings (SSSR count). The van der Waals surface area contributed by atoms with Crippen molar-refractivity contribution >= 4 is 11.9 Å². The lowest BCUT2D eigenvalue weighted by molar-refractivity contribution is -0.170. The van der Waals surface area contributed by atoms with Crippen molar-refractivity contribution in [1.82, 2.24) is 0 Å². The van der Waals surface area contributed by atoms with E-state index in [1.165, 1.54) is 0 Å². The first kappa shape index (κ1) is 21.3. The SMILES string of the molecule is C=C(C)C(=O)OC(C)OCCCC.C=C(C)C(=O)OCC1CO1. The Morgan fingerprint density at radius 2 is 1.78 bits per heavy atom. The van der Waals surface area contributed by atoms with Gasteiger partial charge in [-0.15, -0.1) is 0 Å². The lowest BCUT2D eigenvalue weighted by atomic mass is 10.3. The highest BCUT2D eigenvalue weighted by Crippen LogP contribution is 2.09. The van der Waals surface area contributed by atoms with Crippen molar-refractivity contribution in [3.8, 4) is 0 Å². The fourth-order valence-electron chi connectivity index (χ4n) is 1.14. The Balaban J connectivity index is 0.000000433. The minimum Gasteiger partial charge on any atom is -0.459 e. The molecule has 2 unspecified atom stereocenters. The van der Waals surface area contributed by atoms with Gasteiger partial charge in [-0.25, -0.2) is 9.59 Å². The predicted molar refractivity (Wildman–Crippen MR) is 86.7 cm³/mol. The smallest absolute Gasteiger partial charge is 0.335 e. The van der Waals surface area contributed by atoms with Gasteiger partial charge >= 0.3 is 11.9 Å². The third kappa shape index (κ3) is 12.6. The first-order valence-corrected chi connectivity index (χ1v) is 7.70. The van der Waals surface area contributed by atoms with Gasteiger partial charge in [0, 0.05) is 11.1 Å². The van der Waals surface area contributed by atoms with Gasteiger partial charge in [0.15, 0.2) is 6.29 Å². The summed E-state index contributed by atoms with van der Waals surface area (Å²) in [5, 5.41) is 0. The molecule has 132 valence electrons. The maximum absolute atomic E-state index is 11.0. The van der Waals surface area contributed by atoms with Crippen LogP contribution in [0, 0.1) is 0 Å². The molecule has 0 aliphatic carbocycles. The van der Waals surface area contributed by atoms with E-state index in [0.717, 1.165) is 12.8 Å². The summed E-state index contributed by atoms with van der Waals surface area (Å²) in [7, 11) is 0. The summed E-state index contributed by atoms with van der Waals surface area (Å²) in [6.45, 7) is 15.6. The van der Waals surface area contributed by atoms with Gasteiger partial charge in [0.1, 0.15) is 12.7 Å². The Hall–Kier alpha value is -1.66. The van der Waals surface area contributed by atoms with Gasteiger partial charge in [-0.05, 0) is 27.2 Å². The Morgan fingerprint density at radius 1 is 1.22 bits per heavy atom. The number of unbranched alkanes of at least 4 members (excludes halogenated alkanes) is 1. The maximum atomic E-state index is 11.0. The molecule has 23 heavy (non-hydrogen) atoms. The summed E-state index contributed by atoms with van der Waals surface area (Å²) in [6, 6.07) is 0. The Morgan fingerprint density at radius 3 is 2.22 bits per heavy atom. The van der Waals surface area contributed by atoms with E-state index in [1.807, 2.05) is 0 Å². The molecule has 2 atom stereocenters. The molecule has 0 aromatic rings. The third-order valence-electron chi connectivity index (χ3n) is 2.62. The molecule has 0 spiro atoms. The summed E-state index contributed by atoms with van der Waals surface area (Å²) < 4.78 is 19.7. The van der Waals surface area contributed by atoms with E-state index in [1.54, 1.807) is 20.8 Å². The zero-order valence-electron chi connectivity index (χ0n) is 14.6. The van der Waals surface area contributed by atoms with Crippen LogP contribution in [0.25, 0.3) is 0 Å². The quantitative estimate of drug-likeness (QED) is 0.213. The van der Waals surface area contributed by atoms with Crippen LogP contribution in [-0.2, 0) is 28.5 Å². The van der Waals surface area contributed by atoms with Crippen molar-refractivity contribution in [1.29, 1.82) is 0 Å². The maximum Gasteiger partial charge on any atom is 0.335 e. The van der Waals surface area contributed by atoms with Crippen molar-refractivity contribution in [3.63, 3.8) is 0 Å². The average Bonchev–Trinajstić information content (AvgIpc) is 3.29. The van der Waals surface area contributed by atoms with Crippen molar-refractivity contribution < 1.29 is 28.5 Å². The number of rotatable bonds is 9. The van der Waals surface area contributed by atoms with Crippen LogP contribution in [-0.4, -0.2) is 44.2 Å². The normalized spacial score (nSPS) is 16.4. The largest absolute Gasteiger partial charge is 0.459 e. The molecule has 1 saturated heterocycles. The second-order valence-electron chi connectivity index (χ2n) is 5.31. The van der Waals surface area contributed by atoms with Crippen molar-refractivity contribution in [2.75, 3.05) is 19.8 Å². The molecule has 0 N–H and O–H groups in total. The van der Waals surface area contributed by atoms with Crippen LogP contribution >= 0.6 is 0 Å². The van der Waals surface area contributed by atoms with Gasteiger partial charge in [0.25, 0.3) is 0 Å². The van der Waals surface area contributed by atoms with Crippen LogP contribution in [0.3, 0.4) is 0 Å². The van der Waals surface area contributed by atoms with Gasteiger partial charge < -0.3 is 18.9 Å². The van der Waals surface area contributed by atoms with Crippen molar-refractivity contribution in [2.24, 2.45) is 0 Å². The molecule has 0 radical (unpaired) electrons. The monoisotopic (exact) mass is 328 g/mol. The zero-order chi connectivity index (χ0) is 17.8. The highest BCUT2D eigenvalue weighted by Gasteiger charge is 2.24. The summed E-state index contributed by atoms with van der Waals surface area (Å²) in [5.74, 6) is -0.737. The fraction of sp³-hybridized carbons (Fsp3) is 0.647. The van der Waals surface area contributed by atoms with Crippen molar-refractivity contribution in [2.45, 2.75) is 52.9 Å². The molecule has 0 aromatic carbocycles. The van der Waals surface area contributed by atoms with E-state index >= 15 is 0 Å². The molecule has 0 amide bonds. The minimum atomic E-state index is -0.476. The molecule has 1 fully saturated rings. The van der Waals surface area contributed by atoms with Crippen LogP contribution in [0.1, 0.15) is 40.5 Å². The van der Waals surface area contributed by atoms with Gasteiger partial charge in [0.2, 0.25) is 0 Å². The molecule has 6 nitrogen and oxygen atoms in total. The predicted octanol–water partition coefficient (Wildman–Crippen LogP) is 2.77. The first-order valence-electron chi connectivity index (χ1n) is 7.70. The van der Waals surface area contributed by atoms with E-state index in [0.29, 0.717) is 31.0 Å². The van der Waals surface area contributed by atoms with E-state index in [-0.39, 0.29) is 12.1 Å². The van der Waals surface area contributed by atoms with Crippen LogP contribution < -0.4 is 0 Å². The van der Waals surface area contributed by atoms with Crippen LogP contribution in [0.2, 0.25) is 0 Å². The lowest BCUT2D eigenvalue weighted by Gasteiger charge is -2.13. The first-order chi connectivity index (χ1) is 10.8. The molecule has 0 saturated carbocycles. The number of ether oxygens (including phenoxy) is 4. The number of hydrogen-bond donors (Lipinski definition) is 0. The molecule has 0 aromatic heterocycles. The summed E-state index contributed by atoms with van der Waals surface area (Å²) in [4.78, 5) is 21.7. The van der Waals surface area contributed by atoms with E-state index in [9.17, 15) is 9.59 Å². The highest BCUT2D eigenvalue weighted by atomic mass is 16.7. The number of carbonyl (C=O) groups is 2. The van der Waals surface area contributed by atoms with Gasteiger partial charge in [0.05, 0.1) is 13.2 Å². The molecule has 1 aliphatic heterocycles. The van der Waals surface area contributed by atoms with Crippen LogP contribution in [0.5, 0.6) is 0 Å². The topological polar surface area (TPSA) is 74.4 Å². The molecular formula is C17H28O6. The Kier molecular flexibility index (Phi) is 11.0. The van der Waals surface area contributed by atoms with Gasteiger partial charge in [-0.2, -0.15) is 0 Å². The molecular weight excluding hydrogens is 300 g/mol. The third-order valence-corrected chi connectivity index (χ3v) is 2.62. The van der Waals surface area contributed by atoms with E-state index in [4.69, 9.17) is 18.9 Å². The van der Waals surface area contributed by atoms with E-state index in [2.05, 4.69) is 20.1 Å². The summed E-state index contributed by atoms with van der Waals surface area (Å²) in [5.41, 5.74) is 0.826. The highest BCUT2D eigenvalue weighted by molar-refractivity contribution is 5.87. The lowest BCUT2D eigenvalue weighted by Crippen LogP contribution is -2.18. The minimum absolute atomic E-state index is 0.142. The number of epoxide rings is 1. The van der Waals surface area contributed by atoms with Gasteiger partial charge in [-0.3, -0.25) is 0 Å². The average molecular weight is 328 g/mol. The summed E-state index contributed by atoms with van der Waals surface area (Å²) >= 11 is 0. The Bertz CT molecular complexity index is 411. The summed E-state index contributed by atoms with van der Waals surface area (Å²) in [6.07, 6.45) is 1.72. The standard InChI is InChI=1S/C10H18O3.C7H10O3/c1-5-6-7-12-9(4)13-10(11)8(2)3;1-5(2)7(8)10-4-6-3-9-6/h9H,2,5-7H2,1,3-4H3;6H,1,3-4H2,2H3. The molecule has 1 heterocycles. The van der Waals surface area contributed by atoms with Crippen molar-refractivity contribution in [3.05, 3.63) is 24.3 Å². The van der Waals surface area contributed by atoms with Crippen LogP contribution in [0.15, 0.2) is 24.3 Å². The van der Waals surface area contributed by atoms with E-state index < -0.39 is 12.3 Å². The number of carbonyl (C=O) groups excluding carboxylic acids is 2. The fourth-order valence-corrected chi connectivity index (χ4v) is 1.14. The molecule has 0 bridgehead atoms. The molecule has 1 aliphatic rings. The second kappa shape index (κ2) is 11.8. The number of hydrogen-bond acceptors (Lipinski definition) is 6.